The van der Waals surface area contributed by atoms with E-state index in [9.17, 15) is 17.6 Å². The average molecular weight is 339 g/mol. The van der Waals surface area contributed by atoms with Gasteiger partial charge in [-0.2, -0.15) is 0 Å². The molecule has 1 aromatic carbocycles. The van der Waals surface area contributed by atoms with Gasteiger partial charge in [0.15, 0.2) is 0 Å². The van der Waals surface area contributed by atoms with E-state index in [1.807, 2.05) is 4.72 Å². The van der Waals surface area contributed by atoms with Gasteiger partial charge in [-0.3, -0.25) is 9.52 Å². The minimum atomic E-state index is -3.57. The van der Waals surface area contributed by atoms with Gasteiger partial charge in [-0.15, -0.1) is 0 Å². The van der Waals surface area contributed by atoms with Crippen molar-refractivity contribution in [3.05, 3.63) is 24.0 Å². The van der Waals surface area contributed by atoms with Crippen molar-refractivity contribution in [3.63, 3.8) is 0 Å². The lowest BCUT2D eigenvalue weighted by atomic mass is 10.2. The van der Waals surface area contributed by atoms with Crippen LogP contribution in [0.4, 0.5) is 15.8 Å². The average Bonchev–Trinajstić information content (AvgIpc) is 2.20. The third-order valence-electron chi connectivity index (χ3n) is 1.89. The van der Waals surface area contributed by atoms with Crippen LogP contribution in [0.3, 0.4) is 0 Å². The normalized spacial score (nSPS) is 12.9. The van der Waals surface area contributed by atoms with E-state index in [0.29, 0.717) is 5.69 Å². The summed E-state index contributed by atoms with van der Waals surface area (Å²) in [5, 5.41) is 2.51. The molecule has 0 spiro atoms. The van der Waals surface area contributed by atoms with Crippen LogP contribution in [0.25, 0.3) is 0 Å². The zero-order valence-corrected chi connectivity index (χ0v) is 12.1. The van der Waals surface area contributed by atoms with E-state index in [1.54, 1.807) is 6.92 Å². The molecule has 0 aromatic heterocycles. The topological polar surface area (TPSA) is 75.3 Å². The highest BCUT2D eigenvalue weighted by atomic mass is 79.9. The summed E-state index contributed by atoms with van der Waals surface area (Å²) >= 11 is 3.08. The van der Waals surface area contributed by atoms with Crippen molar-refractivity contribution in [2.75, 3.05) is 16.3 Å². The van der Waals surface area contributed by atoms with Crippen LogP contribution in [-0.4, -0.2) is 25.4 Å². The maximum absolute atomic E-state index is 13.3. The van der Waals surface area contributed by atoms with Gasteiger partial charge in [-0.25, -0.2) is 12.8 Å². The Morgan fingerprint density at radius 1 is 1.44 bits per heavy atom. The summed E-state index contributed by atoms with van der Waals surface area (Å²) in [4.78, 5) is 11.0. The van der Waals surface area contributed by atoms with Crippen molar-refractivity contribution in [2.24, 2.45) is 0 Å². The molecule has 8 heteroatoms. The van der Waals surface area contributed by atoms with Gasteiger partial charge in [0, 0.05) is 5.69 Å². The number of nitrogens with one attached hydrogen (secondary N) is 2. The predicted octanol–water partition coefficient (Wildman–Crippen LogP) is 1.92. The smallest absolute Gasteiger partial charge is 0.237 e. The molecule has 1 unspecified atom stereocenters. The van der Waals surface area contributed by atoms with Gasteiger partial charge in [-0.05, 0) is 25.1 Å². The Morgan fingerprint density at radius 2 is 2.06 bits per heavy atom. The van der Waals surface area contributed by atoms with E-state index in [0.717, 1.165) is 12.3 Å². The molecule has 1 atom stereocenters. The summed E-state index contributed by atoms with van der Waals surface area (Å²) in [6.45, 7) is 1.63. The van der Waals surface area contributed by atoms with Gasteiger partial charge >= 0.3 is 0 Å². The van der Waals surface area contributed by atoms with Crippen molar-refractivity contribution in [2.45, 2.75) is 11.8 Å². The Morgan fingerprint density at radius 3 is 2.56 bits per heavy atom. The first-order chi connectivity index (χ1) is 8.19. The number of anilines is 2. The standard InChI is InChI=1S/C10H12BrFN2O3S/c1-6(11)10(15)13-7-3-4-8(12)9(5-7)14-18(2,16)17/h3-6,14H,1-2H3,(H,13,15). The maximum Gasteiger partial charge on any atom is 0.237 e. The lowest BCUT2D eigenvalue weighted by Crippen LogP contribution is -2.20. The number of amides is 1. The first kappa shape index (κ1) is 14.9. The van der Waals surface area contributed by atoms with Crippen LogP contribution in [-0.2, 0) is 14.8 Å². The second kappa shape index (κ2) is 5.66. The zero-order valence-electron chi connectivity index (χ0n) is 9.70. The van der Waals surface area contributed by atoms with Crippen LogP contribution in [0.15, 0.2) is 18.2 Å². The molecule has 0 radical (unpaired) electrons. The lowest BCUT2D eigenvalue weighted by molar-refractivity contribution is -0.115. The SMILES string of the molecule is CC(Br)C(=O)Nc1ccc(F)c(NS(C)(=O)=O)c1. The molecule has 2 N–H and O–H groups in total. The summed E-state index contributed by atoms with van der Waals surface area (Å²) in [7, 11) is -3.57. The largest absolute Gasteiger partial charge is 0.325 e. The van der Waals surface area contributed by atoms with E-state index in [4.69, 9.17) is 0 Å². The van der Waals surface area contributed by atoms with Gasteiger partial charge in [0.05, 0.1) is 16.8 Å². The van der Waals surface area contributed by atoms with E-state index in [-0.39, 0.29) is 11.6 Å². The molecule has 100 valence electrons. The molecule has 0 heterocycles. The molecule has 0 saturated heterocycles. The molecule has 0 aliphatic heterocycles. The highest BCUT2D eigenvalue weighted by Gasteiger charge is 2.12. The Bertz CT molecular complexity index is 560. The molecule has 1 aromatic rings. The third kappa shape index (κ3) is 4.61. The van der Waals surface area contributed by atoms with Crippen molar-refractivity contribution in [1.82, 2.24) is 0 Å². The van der Waals surface area contributed by atoms with Crippen LogP contribution in [0.5, 0.6) is 0 Å². The van der Waals surface area contributed by atoms with E-state index in [1.165, 1.54) is 12.1 Å². The number of hydrogen-bond donors (Lipinski definition) is 2. The number of carbonyl (C=O) groups is 1. The Labute approximate surface area is 113 Å². The molecule has 0 aliphatic rings. The number of benzene rings is 1. The third-order valence-corrected chi connectivity index (χ3v) is 2.90. The van der Waals surface area contributed by atoms with E-state index < -0.39 is 20.7 Å². The van der Waals surface area contributed by atoms with Crippen LogP contribution >= 0.6 is 15.9 Å². The number of alkyl halides is 1. The lowest BCUT2D eigenvalue weighted by Gasteiger charge is -2.10. The Balaban J connectivity index is 2.97. The van der Waals surface area contributed by atoms with Gasteiger partial charge in [-0.1, -0.05) is 15.9 Å². The number of sulfonamides is 1. The summed E-state index contributed by atoms with van der Waals surface area (Å²) in [6.07, 6.45) is 0.915. The monoisotopic (exact) mass is 338 g/mol. The molecule has 18 heavy (non-hydrogen) atoms. The summed E-state index contributed by atoms with van der Waals surface area (Å²) < 4.78 is 37.4. The fourth-order valence-corrected chi connectivity index (χ4v) is 1.79. The van der Waals surface area contributed by atoms with Gasteiger partial charge in [0.1, 0.15) is 5.82 Å². The summed E-state index contributed by atoms with van der Waals surface area (Å²) in [5.41, 5.74) is 0.0939. The molecule has 0 aliphatic carbocycles. The van der Waals surface area contributed by atoms with Gasteiger partial charge in [0.25, 0.3) is 0 Å². The number of carbonyl (C=O) groups excluding carboxylic acids is 1. The van der Waals surface area contributed by atoms with E-state index >= 15 is 0 Å². The van der Waals surface area contributed by atoms with Crippen molar-refractivity contribution in [3.8, 4) is 0 Å². The molecular weight excluding hydrogens is 327 g/mol. The second-order valence-electron chi connectivity index (χ2n) is 3.67. The van der Waals surface area contributed by atoms with Crippen LogP contribution in [0.2, 0.25) is 0 Å². The number of hydrogen-bond acceptors (Lipinski definition) is 3. The molecule has 1 rings (SSSR count). The Kier molecular flexibility index (Phi) is 4.69. The highest BCUT2D eigenvalue weighted by molar-refractivity contribution is 9.10. The fraction of sp³-hybridized carbons (Fsp3) is 0.300. The number of rotatable bonds is 4. The summed E-state index contributed by atoms with van der Waals surface area (Å²) in [5.74, 6) is -1.03. The van der Waals surface area contributed by atoms with E-state index in [2.05, 4.69) is 21.2 Å². The first-order valence-electron chi connectivity index (χ1n) is 4.91. The van der Waals surface area contributed by atoms with Crippen molar-refractivity contribution in [1.29, 1.82) is 0 Å². The first-order valence-corrected chi connectivity index (χ1v) is 7.72. The minimum Gasteiger partial charge on any atom is -0.325 e. The van der Waals surface area contributed by atoms with Crippen LogP contribution < -0.4 is 10.0 Å². The van der Waals surface area contributed by atoms with Crippen molar-refractivity contribution >= 4 is 43.2 Å². The molecule has 0 saturated carbocycles. The maximum atomic E-state index is 13.3. The fourth-order valence-electron chi connectivity index (χ4n) is 1.12. The second-order valence-corrected chi connectivity index (χ2v) is 6.80. The Hall–Kier alpha value is -1.15. The zero-order chi connectivity index (χ0) is 13.9. The van der Waals surface area contributed by atoms with Gasteiger partial charge in [0.2, 0.25) is 15.9 Å². The van der Waals surface area contributed by atoms with Crippen LogP contribution in [0.1, 0.15) is 6.92 Å². The molecule has 1 amide bonds. The van der Waals surface area contributed by atoms with Crippen LogP contribution in [0, 0.1) is 5.82 Å². The number of halogens is 2. The predicted molar refractivity (Wildman–Crippen MR) is 71.9 cm³/mol. The molecule has 0 bridgehead atoms. The summed E-state index contributed by atoms with van der Waals surface area (Å²) in [6, 6.07) is 3.63. The highest BCUT2D eigenvalue weighted by Crippen LogP contribution is 2.21. The van der Waals surface area contributed by atoms with Crippen molar-refractivity contribution < 1.29 is 17.6 Å². The quantitative estimate of drug-likeness (QED) is 0.823. The van der Waals surface area contributed by atoms with Gasteiger partial charge < -0.3 is 5.32 Å². The molecular formula is C10H12BrFN2O3S. The molecule has 5 nitrogen and oxygen atoms in total. The molecule has 0 fully saturated rings. The minimum absolute atomic E-state index is 0.211.